The van der Waals surface area contributed by atoms with Crippen molar-refractivity contribution in [3.05, 3.63) is 23.8 Å². The molecule has 2 N–H and O–H groups in total. The molecule has 0 spiro atoms. The molecule has 0 amide bonds. The minimum atomic E-state index is 0. The molecule has 1 fully saturated rings. The number of hydrogen-bond donors (Lipinski definition) is 2. The molecular formula is C12H18Cl2N2O. The number of anilines is 2. The second-order valence-electron chi connectivity index (χ2n) is 4.25. The van der Waals surface area contributed by atoms with Gasteiger partial charge in [0.25, 0.3) is 0 Å². The van der Waals surface area contributed by atoms with Crippen molar-refractivity contribution in [3.63, 3.8) is 0 Å². The van der Waals surface area contributed by atoms with E-state index in [9.17, 15) is 0 Å². The molecule has 1 aromatic carbocycles. The Hall–Kier alpha value is -0.640. The molecule has 0 aromatic heterocycles. The zero-order valence-electron chi connectivity index (χ0n) is 9.57. The Morgan fingerprint density at radius 1 is 1.29 bits per heavy atom. The van der Waals surface area contributed by atoms with E-state index in [0.717, 1.165) is 32.6 Å². The molecule has 1 unspecified atom stereocenters. The Balaban J connectivity index is 0.000000722. The van der Waals surface area contributed by atoms with Gasteiger partial charge in [0.1, 0.15) is 0 Å². The highest BCUT2D eigenvalue weighted by Gasteiger charge is 2.16. The molecule has 0 saturated carbocycles. The summed E-state index contributed by atoms with van der Waals surface area (Å²) in [6, 6.07) is 7.07. The third-order valence-electron chi connectivity index (χ3n) is 3.12. The summed E-state index contributed by atoms with van der Waals surface area (Å²) in [6.45, 7) is 2.81. The highest BCUT2D eigenvalue weighted by atomic mass is 35.5. The molecule has 2 aliphatic heterocycles. The van der Waals surface area contributed by atoms with Gasteiger partial charge in [0.15, 0.2) is 0 Å². The molecule has 17 heavy (non-hydrogen) atoms. The van der Waals surface area contributed by atoms with Crippen LogP contribution in [0.25, 0.3) is 0 Å². The third-order valence-corrected chi connectivity index (χ3v) is 3.12. The van der Waals surface area contributed by atoms with Crippen LogP contribution in [0, 0.1) is 0 Å². The molecule has 1 aromatic rings. The van der Waals surface area contributed by atoms with E-state index in [0.29, 0.717) is 6.04 Å². The van der Waals surface area contributed by atoms with Gasteiger partial charge in [0.2, 0.25) is 0 Å². The lowest BCUT2D eigenvalue weighted by Crippen LogP contribution is -2.18. The Morgan fingerprint density at radius 2 is 2.18 bits per heavy atom. The van der Waals surface area contributed by atoms with Crippen molar-refractivity contribution in [1.82, 2.24) is 0 Å². The molecule has 1 atom stereocenters. The number of halogens is 2. The predicted molar refractivity (Wildman–Crippen MR) is 76.0 cm³/mol. The fourth-order valence-electron chi connectivity index (χ4n) is 2.28. The van der Waals surface area contributed by atoms with Crippen molar-refractivity contribution in [3.8, 4) is 0 Å². The van der Waals surface area contributed by atoms with E-state index in [1.54, 1.807) is 0 Å². The molecule has 1 saturated heterocycles. The maximum absolute atomic E-state index is 5.35. The Morgan fingerprint density at radius 3 is 2.94 bits per heavy atom. The first kappa shape index (κ1) is 14.4. The summed E-state index contributed by atoms with van der Waals surface area (Å²) < 4.78 is 5.35. The van der Waals surface area contributed by atoms with Crippen LogP contribution in [0.1, 0.15) is 12.0 Å². The van der Waals surface area contributed by atoms with Gasteiger partial charge in [-0.15, -0.1) is 24.8 Å². The average molecular weight is 277 g/mol. The fourth-order valence-corrected chi connectivity index (χ4v) is 2.28. The summed E-state index contributed by atoms with van der Waals surface area (Å²) in [7, 11) is 0. The summed E-state index contributed by atoms with van der Waals surface area (Å²) in [4.78, 5) is 0. The maximum Gasteiger partial charge on any atom is 0.0668 e. The largest absolute Gasteiger partial charge is 0.384 e. The summed E-state index contributed by atoms with van der Waals surface area (Å²) in [6.07, 6.45) is 2.27. The summed E-state index contributed by atoms with van der Waals surface area (Å²) >= 11 is 0. The van der Waals surface area contributed by atoms with Crippen molar-refractivity contribution in [2.24, 2.45) is 0 Å². The van der Waals surface area contributed by atoms with Gasteiger partial charge in [0, 0.05) is 24.5 Å². The molecule has 0 aliphatic carbocycles. The van der Waals surface area contributed by atoms with Crippen LogP contribution < -0.4 is 10.6 Å². The normalized spacial score (nSPS) is 20.8. The minimum Gasteiger partial charge on any atom is -0.384 e. The number of hydrogen-bond acceptors (Lipinski definition) is 3. The van der Waals surface area contributed by atoms with Crippen molar-refractivity contribution in [2.75, 3.05) is 30.4 Å². The van der Waals surface area contributed by atoms with E-state index >= 15 is 0 Å². The SMILES string of the molecule is Cl.Cl.c1cc2c(cc1NC1CCOC1)CCN2. The van der Waals surface area contributed by atoms with Gasteiger partial charge in [-0.1, -0.05) is 0 Å². The molecular weight excluding hydrogens is 259 g/mol. The topological polar surface area (TPSA) is 33.3 Å². The van der Waals surface area contributed by atoms with Crippen LogP contribution in [0.15, 0.2) is 18.2 Å². The zero-order valence-corrected chi connectivity index (χ0v) is 11.2. The molecule has 0 radical (unpaired) electrons. The van der Waals surface area contributed by atoms with Crippen molar-refractivity contribution in [2.45, 2.75) is 18.9 Å². The lowest BCUT2D eigenvalue weighted by Gasteiger charge is -2.13. The monoisotopic (exact) mass is 276 g/mol. The van der Waals surface area contributed by atoms with Gasteiger partial charge in [-0.05, 0) is 36.6 Å². The summed E-state index contributed by atoms with van der Waals surface area (Å²) in [5.41, 5.74) is 3.95. The van der Waals surface area contributed by atoms with Gasteiger partial charge < -0.3 is 15.4 Å². The van der Waals surface area contributed by atoms with Crippen LogP contribution in [0.4, 0.5) is 11.4 Å². The van der Waals surface area contributed by atoms with Gasteiger partial charge in [-0.3, -0.25) is 0 Å². The number of benzene rings is 1. The van der Waals surface area contributed by atoms with Gasteiger partial charge in [-0.25, -0.2) is 0 Å². The average Bonchev–Trinajstić information content (AvgIpc) is 2.87. The molecule has 2 aliphatic rings. The lowest BCUT2D eigenvalue weighted by atomic mass is 10.1. The van der Waals surface area contributed by atoms with E-state index < -0.39 is 0 Å². The van der Waals surface area contributed by atoms with Crippen molar-refractivity contribution >= 4 is 36.2 Å². The highest BCUT2D eigenvalue weighted by Crippen LogP contribution is 2.26. The first-order valence-electron chi connectivity index (χ1n) is 5.63. The highest BCUT2D eigenvalue weighted by molar-refractivity contribution is 5.85. The van der Waals surface area contributed by atoms with E-state index in [1.807, 2.05) is 0 Å². The van der Waals surface area contributed by atoms with Gasteiger partial charge >= 0.3 is 0 Å². The van der Waals surface area contributed by atoms with E-state index in [4.69, 9.17) is 4.74 Å². The van der Waals surface area contributed by atoms with Crippen LogP contribution in [-0.2, 0) is 11.2 Å². The van der Waals surface area contributed by atoms with Crippen LogP contribution in [0.2, 0.25) is 0 Å². The number of fused-ring (bicyclic) bond motifs is 1. The van der Waals surface area contributed by atoms with E-state index in [1.165, 1.54) is 16.9 Å². The minimum absolute atomic E-state index is 0. The standard InChI is InChI=1S/C12H16N2O.2ClH/c1-2-12-9(3-5-13-12)7-10(1)14-11-4-6-15-8-11;;/h1-2,7,11,13-14H,3-6,8H2;2*1H. The quantitative estimate of drug-likeness (QED) is 0.872. The Bertz CT molecular complexity index is 368. The van der Waals surface area contributed by atoms with Crippen LogP contribution in [0.3, 0.4) is 0 Å². The van der Waals surface area contributed by atoms with Crippen LogP contribution in [0.5, 0.6) is 0 Å². The fraction of sp³-hybridized carbons (Fsp3) is 0.500. The van der Waals surface area contributed by atoms with Crippen LogP contribution in [-0.4, -0.2) is 25.8 Å². The van der Waals surface area contributed by atoms with E-state index in [-0.39, 0.29) is 24.8 Å². The van der Waals surface area contributed by atoms with E-state index in [2.05, 4.69) is 28.8 Å². The lowest BCUT2D eigenvalue weighted by molar-refractivity contribution is 0.195. The van der Waals surface area contributed by atoms with Gasteiger partial charge in [0.05, 0.1) is 12.6 Å². The third kappa shape index (κ3) is 3.18. The molecule has 3 rings (SSSR count). The summed E-state index contributed by atoms with van der Waals surface area (Å²) in [5, 5.41) is 6.89. The maximum atomic E-state index is 5.35. The molecule has 96 valence electrons. The molecule has 0 bridgehead atoms. The van der Waals surface area contributed by atoms with Crippen molar-refractivity contribution in [1.29, 1.82) is 0 Å². The van der Waals surface area contributed by atoms with Crippen molar-refractivity contribution < 1.29 is 4.74 Å². The predicted octanol–water partition coefficient (Wildman–Crippen LogP) is 2.70. The summed E-state index contributed by atoms with van der Waals surface area (Å²) in [5.74, 6) is 0. The van der Waals surface area contributed by atoms with Gasteiger partial charge in [-0.2, -0.15) is 0 Å². The smallest absolute Gasteiger partial charge is 0.0668 e. The molecule has 2 heterocycles. The Labute approximate surface area is 114 Å². The number of nitrogens with one attached hydrogen (secondary N) is 2. The number of ether oxygens (including phenoxy) is 1. The second kappa shape index (κ2) is 6.34. The second-order valence-corrected chi connectivity index (χ2v) is 4.25. The first-order chi connectivity index (χ1) is 7.42. The zero-order chi connectivity index (χ0) is 10.1. The van der Waals surface area contributed by atoms with Crippen LogP contribution >= 0.6 is 24.8 Å². The first-order valence-corrected chi connectivity index (χ1v) is 5.63. The number of rotatable bonds is 2. The molecule has 5 heteroatoms. The Kier molecular flexibility index (Phi) is 5.37. The molecule has 3 nitrogen and oxygen atoms in total.